The number of methoxy groups -OCH3 is 1. The second-order valence-electron chi connectivity index (χ2n) is 5.91. The average Bonchev–Trinajstić information content (AvgIpc) is 2.72. The van der Waals surface area contributed by atoms with Crippen LogP contribution in [0.25, 0.3) is 11.1 Å². The maximum absolute atomic E-state index is 9.24. The lowest BCUT2D eigenvalue weighted by Gasteiger charge is -2.08. The summed E-state index contributed by atoms with van der Waals surface area (Å²) in [6, 6.07) is 25.2. The first-order valence-corrected chi connectivity index (χ1v) is 8.49. The standard InChI is InChI=1S/C22H20N4O/c1-27-20-7-4-6-19(13-20)26-22(24)25-15-16-9-11-17(12-10-16)21-8-3-2-5-18(21)14-23/h2-13H,15H2,1H3,(H3,24,25,26). The molecule has 0 radical (unpaired) electrons. The van der Waals surface area contributed by atoms with Crippen molar-refractivity contribution < 1.29 is 4.74 Å². The van der Waals surface area contributed by atoms with Gasteiger partial charge >= 0.3 is 0 Å². The largest absolute Gasteiger partial charge is 0.497 e. The molecular weight excluding hydrogens is 336 g/mol. The number of hydrogen-bond donors (Lipinski definition) is 2. The quantitative estimate of drug-likeness (QED) is 0.531. The van der Waals surface area contributed by atoms with Crippen LogP contribution in [-0.2, 0) is 6.54 Å². The van der Waals surface area contributed by atoms with Gasteiger partial charge in [-0.05, 0) is 34.9 Å². The van der Waals surface area contributed by atoms with Gasteiger partial charge in [-0.2, -0.15) is 5.26 Å². The normalized spacial score (nSPS) is 10.9. The van der Waals surface area contributed by atoms with Crippen LogP contribution in [0.1, 0.15) is 11.1 Å². The minimum Gasteiger partial charge on any atom is -0.497 e. The van der Waals surface area contributed by atoms with Crippen LogP contribution in [0.3, 0.4) is 0 Å². The van der Waals surface area contributed by atoms with E-state index in [0.29, 0.717) is 18.1 Å². The highest BCUT2D eigenvalue weighted by molar-refractivity contribution is 5.92. The summed E-state index contributed by atoms with van der Waals surface area (Å²) in [5.41, 5.74) is 10.4. The average molecular weight is 356 g/mol. The molecule has 0 unspecified atom stereocenters. The van der Waals surface area contributed by atoms with Crippen LogP contribution in [0, 0.1) is 11.3 Å². The molecule has 3 aromatic rings. The molecule has 0 aliphatic rings. The first kappa shape index (κ1) is 18.0. The van der Waals surface area contributed by atoms with E-state index in [4.69, 9.17) is 10.5 Å². The number of nitrogens with zero attached hydrogens (tertiary/aromatic N) is 2. The summed E-state index contributed by atoms with van der Waals surface area (Å²) in [5, 5.41) is 12.3. The van der Waals surface area contributed by atoms with Crippen molar-refractivity contribution in [2.75, 3.05) is 12.4 Å². The van der Waals surface area contributed by atoms with Crippen molar-refractivity contribution >= 4 is 11.6 Å². The molecule has 3 rings (SSSR count). The van der Waals surface area contributed by atoms with Gasteiger partial charge in [-0.3, -0.25) is 0 Å². The van der Waals surface area contributed by atoms with Gasteiger partial charge < -0.3 is 15.8 Å². The van der Waals surface area contributed by atoms with Crippen molar-refractivity contribution in [1.82, 2.24) is 0 Å². The molecule has 0 bridgehead atoms. The van der Waals surface area contributed by atoms with Gasteiger partial charge in [-0.25, -0.2) is 4.99 Å². The van der Waals surface area contributed by atoms with Gasteiger partial charge in [0.25, 0.3) is 0 Å². The minimum atomic E-state index is 0.335. The number of hydrogen-bond acceptors (Lipinski definition) is 3. The summed E-state index contributed by atoms with van der Waals surface area (Å²) in [6.45, 7) is 0.461. The molecule has 0 saturated heterocycles. The highest BCUT2D eigenvalue weighted by atomic mass is 16.5. The Kier molecular flexibility index (Phi) is 5.70. The van der Waals surface area contributed by atoms with Crippen molar-refractivity contribution in [2.45, 2.75) is 6.54 Å². The summed E-state index contributed by atoms with van der Waals surface area (Å²) in [4.78, 5) is 4.37. The number of aliphatic imine (C=N–C) groups is 1. The van der Waals surface area contributed by atoms with Crippen molar-refractivity contribution in [3.8, 4) is 22.9 Å². The van der Waals surface area contributed by atoms with Crippen LogP contribution in [0.4, 0.5) is 5.69 Å². The van der Waals surface area contributed by atoms with E-state index in [-0.39, 0.29) is 0 Å². The van der Waals surface area contributed by atoms with Crippen molar-refractivity contribution in [1.29, 1.82) is 5.26 Å². The molecule has 0 aliphatic heterocycles. The summed E-state index contributed by atoms with van der Waals surface area (Å²) < 4.78 is 5.19. The van der Waals surface area contributed by atoms with Crippen LogP contribution in [0.5, 0.6) is 5.75 Å². The van der Waals surface area contributed by atoms with E-state index in [9.17, 15) is 5.26 Å². The molecule has 3 aromatic carbocycles. The van der Waals surface area contributed by atoms with Crippen LogP contribution < -0.4 is 15.8 Å². The van der Waals surface area contributed by atoms with E-state index >= 15 is 0 Å². The zero-order valence-electron chi connectivity index (χ0n) is 15.0. The number of nitrogens with two attached hydrogens (primary N) is 1. The molecule has 0 atom stereocenters. The molecule has 5 heteroatoms. The summed E-state index contributed by atoms with van der Waals surface area (Å²) in [6.07, 6.45) is 0. The zero-order valence-corrected chi connectivity index (χ0v) is 15.0. The smallest absolute Gasteiger partial charge is 0.193 e. The molecule has 0 fully saturated rings. The lowest BCUT2D eigenvalue weighted by atomic mass is 9.99. The SMILES string of the molecule is COc1cccc(NC(N)=NCc2ccc(-c3ccccc3C#N)cc2)c1. The second kappa shape index (κ2) is 8.54. The minimum absolute atomic E-state index is 0.335. The molecule has 0 spiro atoms. The molecule has 0 saturated carbocycles. The zero-order chi connectivity index (χ0) is 19.1. The number of guanidine groups is 1. The van der Waals surface area contributed by atoms with Crippen molar-refractivity contribution in [3.63, 3.8) is 0 Å². The molecule has 0 heterocycles. The molecule has 0 aliphatic carbocycles. The monoisotopic (exact) mass is 356 g/mol. The maximum Gasteiger partial charge on any atom is 0.193 e. The number of ether oxygens (including phenoxy) is 1. The van der Waals surface area contributed by atoms with Crippen LogP contribution in [-0.4, -0.2) is 13.1 Å². The van der Waals surface area contributed by atoms with E-state index in [1.165, 1.54) is 0 Å². The van der Waals surface area contributed by atoms with E-state index in [1.54, 1.807) is 7.11 Å². The van der Waals surface area contributed by atoms with Crippen molar-refractivity contribution in [2.24, 2.45) is 10.7 Å². The van der Waals surface area contributed by atoms with Crippen LogP contribution >= 0.6 is 0 Å². The van der Waals surface area contributed by atoms with Gasteiger partial charge in [0, 0.05) is 11.8 Å². The Morgan fingerprint density at radius 3 is 2.59 bits per heavy atom. The Morgan fingerprint density at radius 1 is 1.07 bits per heavy atom. The van der Waals surface area contributed by atoms with Gasteiger partial charge in [-0.15, -0.1) is 0 Å². The van der Waals surface area contributed by atoms with E-state index in [2.05, 4.69) is 16.4 Å². The predicted octanol–water partition coefficient (Wildman–Crippen LogP) is 4.16. The van der Waals surface area contributed by atoms with E-state index in [1.807, 2.05) is 72.8 Å². The molecule has 27 heavy (non-hydrogen) atoms. The van der Waals surface area contributed by atoms with E-state index in [0.717, 1.165) is 28.1 Å². The molecule has 0 amide bonds. The fourth-order valence-corrected chi connectivity index (χ4v) is 2.69. The topological polar surface area (TPSA) is 83.4 Å². The number of nitriles is 1. The Hall–Kier alpha value is -3.78. The van der Waals surface area contributed by atoms with Crippen LogP contribution in [0.15, 0.2) is 77.8 Å². The highest BCUT2D eigenvalue weighted by Gasteiger charge is 2.04. The van der Waals surface area contributed by atoms with Gasteiger partial charge in [0.15, 0.2) is 5.96 Å². The second-order valence-corrected chi connectivity index (χ2v) is 5.91. The maximum atomic E-state index is 9.24. The third-order valence-electron chi connectivity index (χ3n) is 4.09. The van der Waals surface area contributed by atoms with E-state index < -0.39 is 0 Å². The van der Waals surface area contributed by atoms with Gasteiger partial charge in [0.2, 0.25) is 0 Å². The Morgan fingerprint density at radius 2 is 1.85 bits per heavy atom. The lowest BCUT2D eigenvalue weighted by Crippen LogP contribution is -2.22. The first-order chi connectivity index (χ1) is 13.2. The molecule has 3 N–H and O–H groups in total. The number of benzene rings is 3. The number of rotatable bonds is 5. The third-order valence-corrected chi connectivity index (χ3v) is 4.09. The Balaban J connectivity index is 1.67. The Labute approximate surface area is 158 Å². The van der Waals surface area contributed by atoms with Crippen LogP contribution in [0.2, 0.25) is 0 Å². The molecule has 0 aromatic heterocycles. The van der Waals surface area contributed by atoms with Gasteiger partial charge in [-0.1, -0.05) is 48.5 Å². The summed E-state index contributed by atoms with van der Waals surface area (Å²) in [7, 11) is 1.62. The molecular formula is C22H20N4O. The first-order valence-electron chi connectivity index (χ1n) is 8.49. The molecule has 5 nitrogen and oxygen atoms in total. The fraction of sp³-hybridized carbons (Fsp3) is 0.0909. The number of anilines is 1. The molecule has 134 valence electrons. The van der Waals surface area contributed by atoms with Gasteiger partial charge in [0.05, 0.1) is 25.3 Å². The third kappa shape index (κ3) is 4.65. The predicted molar refractivity (Wildman–Crippen MR) is 109 cm³/mol. The highest BCUT2D eigenvalue weighted by Crippen LogP contribution is 2.23. The summed E-state index contributed by atoms with van der Waals surface area (Å²) >= 11 is 0. The van der Waals surface area contributed by atoms with Crippen molar-refractivity contribution in [3.05, 3.63) is 83.9 Å². The number of nitrogens with one attached hydrogen (secondary N) is 1. The van der Waals surface area contributed by atoms with Gasteiger partial charge in [0.1, 0.15) is 5.75 Å². The Bertz CT molecular complexity index is 988. The fourth-order valence-electron chi connectivity index (χ4n) is 2.69. The lowest BCUT2D eigenvalue weighted by molar-refractivity contribution is 0.415. The summed E-state index contributed by atoms with van der Waals surface area (Å²) in [5.74, 6) is 1.09.